The molecule has 0 radical (unpaired) electrons. The highest BCUT2D eigenvalue weighted by molar-refractivity contribution is 7.80. The quantitative estimate of drug-likeness (QED) is 0.872. The normalized spacial score (nSPS) is 12.1. The van der Waals surface area contributed by atoms with Gasteiger partial charge in [-0.3, -0.25) is 4.98 Å². The molecule has 1 unspecified atom stereocenters. The van der Waals surface area contributed by atoms with Crippen molar-refractivity contribution in [3.05, 3.63) is 46.4 Å². The standard InChI is InChI=1S/C13H15N3S2/c1-9(12-4-3-7-18-12)16(2)11-8-15-6-5-10(11)13(14)17/h3-9H,1-2H3,(H2,14,17). The summed E-state index contributed by atoms with van der Waals surface area (Å²) in [6.07, 6.45) is 3.51. The Bertz CT molecular complexity index is 537. The van der Waals surface area contributed by atoms with E-state index in [9.17, 15) is 0 Å². The highest BCUT2D eigenvalue weighted by Crippen LogP contribution is 2.29. The molecular weight excluding hydrogens is 262 g/mol. The smallest absolute Gasteiger partial charge is 0.106 e. The largest absolute Gasteiger partial charge is 0.389 e. The van der Waals surface area contributed by atoms with Gasteiger partial charge in [0.2, 0.25) is 0 Å². The molecule has 0 fully saturated rings. The summed E-state index contributed by atoms with van der Waals surface area (Å²) in [7, 11) is 2.03. The number of rotatable bonds is 4. The molecule has 2 rings (SSSR count). The van der Waals surface area contributed by atoms with Gasteiger partial charge in [0.15, 0.2) is 0 Å². The summed E-state index contributed by atoms with van der Waals surface area (Å²) in [5, 5.41) is 2.08. The Balaban J connectivity index is 2.34. The molecule has 5 heteroatoms. The van der Waals surface area contributed by atoms with Gasteiger partial charge < -0.3 is 10.6 Å². The zero-order valence-corrected chi connectivity index (χ0v) is 12.0. The summed E-state index contributed by atoms with van der Waals surface area (Å²) >= 11 is 6.82. The van der Waals surface area contributed by atoms with Crippen molar-refractivity contribution in [2.75, 3.05) is 11.9 Å². The zero-order valence-electron chi connectivity index (χ0n) is 10.3. The number of thiocarbonyl (C=S) groups is 1. The van der Waals surface area contributed by atoms with Gasteiger partial charge in [-0.1, -0.05) is 18.3 Å². The molecule has 2 heterocycles. The first-order chi connectivity index (χ1) is 8.61. The van der Waals surface area contributed by atoms with Crippen LogP contribution in [0.3, 0.4) is 0 Å². The summed E-state index contributed by atoms with van der Waals surface area (Å²) in [5.74, 6) is 0. The number of hydrogen-bond acceptors (Lipinski definition) is 4. The van der Waals surface area contributed by atoms with Crippen LogP contribution in [0.1, 0.15) is 23.4 Å². The number of thiophene rings is 1. The average molecular weight is 277 g/mol. The summed E-state index contributed by atoms with van der Waals surface area (Å²) in [4.78, 5) is 8.01. The van der Waals surface area contributed by atoms with Crippen LogP contribution in [0.25, 0.3) is 0 Å². The van der Waals surface area contributed by atoms with Gasteiger partial charge in [0.1, 0.15) is 4.99 Å². The Kier molecular flexibility index (Phi) is 3.93. The van der Waals surface area contributed by atoms with Crippen LogP contribution in [0, 0.1) is 0 Å². The van der Waals surface area contributed by atoms with Crippen molar-refractivity contribution in [2.24, 2.45) is 5.73 Å². The predicted octanol–water partition coefficient (Wildman–Crippen LogP) is 2.97. The average Bonchev–Trinajstić information content (AvgIpc) is 2.90. The maximum Gasteiger partial charge on any atom is 0.106 e. The molecule has 0 bridgehead atoms. The van der Waals surface area contributed by atoms with Crippen LogP contribution in [0.4, 0.5) is 5.69 Å². The van der Waals surface area contributed by atoms with E-state index in [0.29, 0.717) is 4.99 Å². The van der Waals surface area contributed by atoms with Crippen molar-refractivity contribution in [1.29, 1.82) is 0 Å². The van der Waals surface area contributed by atoms with E-state index >= 15 is 0 Å². The Morgan fingerprint density at radius 2 is 2.28 bits per heavy atom. The van der Waals surface area contributed by atoms with E-state index in [2.05, 4.69) is 34.3 Å². The third-order valence-electron chi connectivity index (χ3n) is 2.98. The van der Waals surface area contributed by atoms with Crippen molar-refractivity contribution in [1.82, 2.24) is 4.98 Å². The fourth-order valence-electron chi connectivity index (χ4n) is 1.80. The van der Waals surface area contributed by atoms with Crippen molar-refractivity contribution < 1.29 is 0 Å². The maximum absolute atomic E-state index is 5.75. The van der Waals surface area contributed by atoms with Gasteiger partial charge in [-0.2, -0.15) is 0 Å². The minimum atomic E-state index is 0.266. The molecule has 0 aliphatic heterocycles. The molecule has 0 aliphatic rings. The van der Waals surface area contributed by atoms with E-state index in [1.54, 1.807) is 23.7 Å². The van der Waals surface area contributed by atoms with Crippen molar-refractivity contribution >= 4 is 34.2 Å². The molecule has 0 saturated carbocycles. The van der Waals surface area contributed by atoms with Crippen LogP contribution >= 0.6 is 23.6 Å². The highest BCUT2D eigenvalue weighted by Gasteiger charge is 2.17. The lowest BCUT2D eigenvalue weighted by Gasteiger charge is -2.27. The first-order valence-electron chi connectivity index (χ1n) is 5.61. The van der Waals surface area contributed by atoms with Crippen LogP contribution in [-0.2, 0) is 0 Å². The number of nitrogens with zero attached hydrogens (tertiary/aromatic N) is 2. The van der Waals surface area contributed by atoms with E-state index < -0.39 is 0 Å². The Labute approximate surface area is 116 Å². The minimum absolute atomic E-state index is 0.266. The number of pyridine rings is 1. The molecular formula is C13H15N3S2. The van der Waals surface area contributed by atoms with E-state index in [-0.39, 0.29) is 6.04 Å². The number of anilines is 1. The van der Waals surface area contributed by atoms with Crippen molar-refractivity contribution in [3.8, 4) is 0 Å². The van der Waals surface area contributed by atoms with Gasteiger partial charge in [0, 0.05) is 23.7 Å². The molecule has 0 spiro atoms. The highest BCUT2D eigenvalue weighted by atomic mass is 32.1. The number of hydrogen-bond donors (Lipinski definition) is 1. The topological polar surface area (TPSA) is 42.2 Å². The first-order valence-corrected chi connectivity index (χ1v) is 6.90. The SMILES string of the molecule is CC(c1cccs1)N(C)c1cnccc1C(N)=S. The lowest BCUT2D eigenvalue weighted by atomic mass is 10.1. The monoisotopic (exact) mass is 277 g/mol. The first kappa shape index (κ1) is 13.0. The third-order valence-corrected chi connectivity index (χ3v) is 4.24. The molecule has 94 valence electrons. The summed E-state index contributed by atoms with van der Waals surface area (Å²) in [6, 6.07) is 6.31. The Hall–Kier alpha value is -1.46. The third kappa shape index (κ3) is 2.52. The molecule has 18 heavy (non-hydrogen) atoms. The van der Waals surface area contributed by atoms with E-state index in [1.165, 1.54) is 4.88 Å². The second kappa shape index (κ2) is 5.46. The van der Waals surface area contributed by atoms with E-state index in [1.807, 2.05) is 13.1 Å². The molecule has 2 N–H and O–H groups in total. The van der Waals surface area contributed by atoms with E-state index in [0.717, 1.165) is 11.3 Å². The summed E-state index contributed by atoms with van der Waals surface area (Å²) < 4.78 is 0. The second-order valence-electron chi connectivity index (χ2n) is 4.06. The van der Waals surface area contributed by atoms with Gasteiger partial charge in [0.25, 0.3) is 0 Å². The van der Waals surface area contributed by atoms with Gasteiger partial charge in [0.05, 0.1) is 17.9 Å². The van der Waals surface area contributed by atoms with Crippen LogP contribution in [-0.4, -0.2) is 17.0 Å². The number of aromatic nitrogens is 1. The van der Waals surface area contributed by atoms with Crippen LogP contribution in [0.2, 0.25) is 0 Å². The van der Waals surface area contributed by atoms with Crippen LogP contribution in [0.5, 0.6) is 0 Å². The Morgan fingerprint density at radius 3 is 2.89 bits per heavy atom. The fourth-order valence-corrected chi connectivity index (χ4v) is 2.80. The molecule has 0 amide bonds. The lowest BCUT2D eigenvalue weighted by molar-refractivity contribution is 0.751. The zero-order chi connectivity index (χ0) is 13.1. The van der Waals surface area contributed by atoms with Gasteiger partial charge in [-0.25, -0.2) is 0 Å². The molecule has 0 aliphatic carbocycles. The van der Waals surface area contributed by atoms with Crippen LogP contribution in [0.15, 0.2) is 36.0 Å². The van der Waals surface area contributed by atoms with Crippen LogP contribution < -0.4 is 10.6 Å². The van der Waals surface area contributed by atoms with Crippen molar-refractivity contribution in [2.45, 2.75) is 13.0 Å². The fraction of sp³-hybridized carbons (Fsp3) is 0.231. The maximum atomic E-state index is 5.75. The molecule has 2 aromatic heterocycles. The van der Waals surface area contributed by atoms with Gasteiger partial charge >= 0.3 is 0 Å². The molecule has 3 nitrogen and oxygen atoms in total. The lowest BCUT2D eigenvalue weighted by Crippen LogP contribution is -2.24. The van der Waals surface area contributed by atoms with Gasteiger partial charge in [-0.05, 0) is 24.4 Å². The summed E-state index contributed by atoms with van der Waals surface area (Å²) in [6.45, 7) is 2.15. The molecule has 0 saturated heterocycles. The molecule has 2 aromatic rings. The minimum Gasteiger partial charge on any atom is -0.389 e. The Morgan fingerprint density at radius 1 is 1.50 bits per heavy atom. The molecule has 1 atom stereocenters. The number of nitrogens with two attached hydrogens (primary N) is 1. The predicted molar refractivity (Wildman–Crippen MR) is 81.3 cm³/mol. The second-order valence-corrected chi connectivity index (χ2v) is 5.48. The molecule has 0 aromatic carbocycles. The van der Waals surface area contributed by atoms with Crippen molar-refractivity contribution in [3.63, 3.8) is 0 Å². The van der Waals surface area contributed by atoms with E-state index in [4.69, 9.17) is 18.0 Å². The van der Waals surface area contributed by atoms with Gasteiger partial charge in [-0.15, -0.1) is 11.3 Å². The summed E-state index contributed by atoms with van der Waals surface area (Å²) in [5.41, 5.74) is 7.58.